The zero-order chi connectivity index (χ0) is 22.5. The number of hydrogen-bond donors (Lipinski definition) is 1. The van der Waals surface area contributed by atoms with Gasteiger partial charge in [0.1, 0.15) is 0 Å². The topological polar surface area (TPSA) is 20.2 Å². The van der Waals surface area contributed by atoms with Gasteiger partial charge in [0.2, 0.25) is 0 Å². The molecule has 0 spiro atoms. The van der Waals surface area contributed by atoms with E-state index in [1.54, 1.807) is 0 Å². The second-order valence-corrected chi connectivity index (χ2v) is 6.82. The van der Waals surface area contributed by atoms with E-state index in [1.807, 2.05) is 0 Å². The van der Waals surface area contributed by atoms with Crippen LogP contribution in [0.5, 0.6) is 0 Å². The SMILES string of the molecule is OC[C@@H](I)CC(F)(F)C(F)(F)C(F)(F)C(F)(F)C(F)(F)C(F)(F)C(F)(F)F. The molecule has 0 saturated carbocycles. The molecule has 0 radical (unpaired) electrons. The Kier molecular flexibility index (Phi) is 7.06. The molecule has 1 atom stereocenters. The number of halogens is 16. The van der Waals surface area contributed by atoms with Crippen molar-refractivity contribution in [3.63, 3.8) is 0 Å². The fraction of sp³-hybridized carbons (Fsp3) is 1.00. The molecule has 0 rings (SSSR count). The lowest BCUT2D eigenvalue weighted by molar-refractivity contribution is -0.452. The summed E-state index contributed by atoms with van der Waals surface area (Å²) in [4.78, 5) is 0. The minimum atomic E-state index is -8.27. The van der Waals surface area contributed by atoms with Gasteiger partial charge in [-0.1, -0.05) is 22.6 Å². The lowest BCUT2D eigenvalue weighted by atomic mass is 9.90. The van der Waals surface area contributed by atoms with Crippen molar-refractivity contribution in [2.75, 3.05) is 6.61 Å². The van der Waals surface area contributed by atoms with Crippen molar-refractivity contribution < 1.29 is 71.0 Å². The van der Waals surface area contributed by atoms with Gasteiger partial charge in [0, 0.05) is 10.3 Å². The first-order valence-electron chi connectivity index (χ1n) is 6.04. The molecule has 0 bridgehead atoms. The van der Waals surface area contributed by atoms with Gasteiger partial charge < -0.3 is 5.11 Å². The molecule has 0 heterocycles. The number of hydrogen-bond acceptors (Lipinski definition) is 1. The zero-order valence-corrected chi connectivity index (χ0v) is 14.1. The maximum absolute atomic E-state index is 13.3. The van der Waals surface area contributed by atoms with Crippen molar-refractivity contribution in [3.05, 3.63) is 0 Å². The van der Waals surface area contributed by atoms with Crippen LogP contribution in [0, 0.1) is 0 Å². The number of aliphatic hydroxyl groups excluding tert-OH is 1. The van der Waals surface area contributed by atoms with E-state index in [1.165, 1.54) is 0 Å². The van der Waals surface area contributed by atoms with Crippen molar-refractivity contribution >= 4 is 22.6 Å². The van der Waals surface area contributed by atoms with Crippen molar-refractivity contribution in [1.29, 1.82) is 0 Å². The molecular formula is C10H6F15IO. The van der Waals surface area contributed by atoms with Gasteiger partial charge in [-0.05, 0) is 0 Å². The minimum Gasteiger partial charge on any atom is -0.395 e. The van der Waals surface area contributed by atoms with Crippen LogP contribution in [-0.4, -0.2) is 57.3 Å². The summed E-state index contributed by atoms with van der Waals surface area (Å²) in [6.07, 6.45) is -10.1. The predicted octanol–water partition coefficient (Wildman–Crippen LogP) is 5.55. The highest BCUT2D eigenvalue weighted by atomic mass is 127. The van der Waals surface area contributed by atoms with Gasteiger partial charge in [0.25, 0.3) is 0 Å². The highest BCUT2D eigenvalue weighted by Gasteiger charge is 2.93. The molecule has 0 amide bonds. The van der Waals surface area contributed by atoms with E-state index in [2.05, 4.69) is 0 Å². The van der Waals surface area contributed by atoms with Gasteiger partial charge in [-0.2, -0.15) is 65.9 Å². The first kappa shape index (κ1) is 26.6. The summed E-state index contributed by atoms with van der Waals surface area (Å²) in [6.45, 7) is -1.41. The van der Waals surface area contributed by atoms with Gasteiger partial charge in [-0.15, -0.1) is 0 Å². The predicted molar refractivity (Wildman–Crippen MR) is 65.2 cm³/mol. The highest BCUT2D eigenvalue weighted by Crippen LogP contribution is 2.62. The highest BCUT2D eigenvalue weighted by molar-refractivity contribution is 14.1. The number of aliphatic hydroxyl groups is 1. The molecule has 1 nitrogen and oxygen atoms in total. The lowest BCUT2D eigenvalue weighted by Crippen LogP contribution is -2.72. The third kappa shape index (κ3) is 3.90. The maximum Gasteiger partial charge on any atom is 0.460 e. The van der Waals surface area contributed by atoms with E-state index in [0.717, 1.165) is 22.6 Å². The molecule has 17 heteroatoms. The lowest BCUT2D eigenvalue weighted by Gasteiger charge is -2.41. The smallest absolute Gasteiger partial charge is 0.395 e. The van der Waals surface area contributed by atoms with E-state index < -0.39 is 58.7 Å². The average molecular weight is 554 g/mol. The third-order valence-corrected chi connectivity index (χ3v) is 3.90. The molecule has 0 aromatic heterocycles. The summed E-state index contributed by atoms with van der Waals surface area (Å²) in [5.74, 6) is -46.4. The molecule has 0 aliphatic carbocycles. The summed E-state index contributed by atoms with van der Waals surface area (Å²) in [7, 11) is 0. The average Bonchev–Trinajstić information content (AvgIpc) is 2.44. The molecule has 164 valence electrons. The fourth-order valence-electron chi connectivity index (χ4n) is 1.47. The van der Waals surface area contributed by atoms with Gasteiger partial charge in [0.15, 0.2) is 0 Å². The van der Waals surface area contributed by atoms with Crippen LogP contribution < -0.4 is 0 Å². The van der Waals surface area contributed by atoms with Gasteiger partial charge in [-0.3, -0.25) is 0 Å². The molecule has 0 aromatic carbocycles. The first-order chi connectivity index (χ1) is 11.5. The molecule has 0 saturated heterocycles. The summed E-state index contributed by atoms with van der Waals surface area (Å²) in [5, 5.41) is 8.39. The Hall–Kier alpha value is -0.360. The third-order valence-electron chi connectivity index (χ3n) is 3.07. The van der Waals surface area contributed by atoms with E-state index in [0.29, 0.717) is 0 Å². The van der Waals surface area contributed by atoms with E-state index in [-0.39, 0.29) is 0 Å². The first-order valence-corrected chi connectivity index (χ1v) is 7.28. The van der Waals surface area contributed by atoms with Crippen molar-refractivity contribution in [1.82, 2.24) is 0 Å². The number of rotatable bonds is 8. The minimum absolute atomic E-state index is 0.747. The molecule has 1 N–H and O–H groups in total. The van der Waals surface area contributed by atoms with Gasteiger partial charge in [0.05, 0.1) is 6.61 Å². The fourth-order valence-corrected chi connectivity index (χ4v) is 2.02. The zero-order valence-electron chi connectivity index (χ0n) is 12.0. The monoisotopic (exact) mass is 554 g/mol. The molecule has 0 aliphatic rings. The molecule has 0 unspecified atom stereocenters. The summed E-state index contributed by atoms with van der Waals surface area (Å²) in [5.41, 5.74) is 0. The van der Waals surface area contributed by atoms with Crippen molar-refractivity contribution in [2.45, 2.75) is 52.1 Å². The molecule has 0 aromatic rings. The van der Waals surface area contributed by atoms with Gasteiger partial charge >= 0.3 is 41.7 Å². The Morgan fingerprint density at radius 1 is 0.556 bits per heavy atom. The largest absolute Gasteiger partial charge is 0.460 e. The van der Waals surface area contributed by atoms with Crippen LogP contribution in [0.4, 0.5) is 65.9 Å². The summed E-state index contributed by atoms with van der Waals surface area (Å²) >= 11 is 0.747. The van der Waals surface area contributed by atoms with E-state index >= 15 is 0 Å². The molecule has 27 heavy (non-hydrogen) atoms. The Balaban J connectivity index is 6.39. The van der Waals surface area contributed by atoms with Gasteiger partial charge in [-0.25, -0.2) is 0 Å². The summed E-state index contributed by atoms with van der Waals surface area (Å²) in [6, 6.07) is 0. The molecular weight excluding hydrogens is 548 g/mol. The Morgan fingerprint density at radius 3 is 1.15 bits per heavy atom. The molecule has 0 fully saturated rings. The normalized spacial score (nSPS) is 17.2. The molecule has 0 aliphatic heterocycles. The van der Waals surface area contributed by atoms with Crippen molar-refractivity contribution in [3.8, 4) is 0 Å². The van der Waals surface area contributed by atoms with Crippen LogP contribution in [0.2, 0.25) is 0 Å². The van der Waals surface area contributed by atoms with Crippen LogP contribution in [0.1, 0.15) is 6.42 Å². The second kappa shape index (κ2) is 7.16. The van der Waals surface area contributed by atoms with Crippen LogP contribution in [0.15, 0.2) is 0 Å². The Morgan fingerprint density at radius 2 is 0.852 bits per heavy atom. The van der Waals surface area contributed by atoms with E-state index in [4.69, 9.17) is 5.11 Å². The Labute approximate surface area is 153 Å². The maximum atomic E-state index is 13.3. The Bertz CT molecular complexity index is 525. The number of alkyl halides is 16. The summed E-state index contributed by atoms with van der Waals surface area (Å²) < 4.78 is 190. The van der Waals surface area contributed by atoms with Crippen LogP contribution in [0.25, 0.3) is 0 Å². The van der Waals surface area contributed by atoms with Crippen LogP contribution >= 0.6 is 22.6 Å². The quantitative estimate of drug-likeness (QED) is 0.237. The van der Waals surface area contributed by atoms with E-state index in [9.17, 15) is 65.9 Å². The standard InChI is InChI=1S/C10H6F15IO/c11-4(12,1-3(26)2-27)5(13,14)6(15,16)7(17,18)8(19,20)9(21,22)10(23,24)25/h3,27H,1-2H2/t3-/m0/s1. The second-order valence-electron chi connectivity index (χ2n) is 5.06. The van der Waals surface area contributed by atoms with Crippen molar-refractivity contribution in [2.24, 2.45) is 0 Å². The van der Waals surface area contributed by atoms with Crippen LogP contribution in [0.3, 0.4) is 0 Å². The van der Waals surface area contributed by atoms with Crippen LogP contribution in [-0.2, 0) is 0 Å².